The Labute approximate surface area is 117 Å². The van der Waals surface area contributed by atoms with Gasteiger partial charge < -0.3 is 10.8 Å². The number of nitrogens with two attached hydrogens (primary N) is 1. The maximum Gasteiger partial charge on any atom is 0.311 e. The summed E-state index contributed by atoms with van der Waals surface area (Å²) >= 11 is 0. The molecule has 0 aliphatic carbocycles. The molecule has 0 fully saturated rings. The second kappa shape index (κ2) is 7.47. The number of carbonyl (C=O) groups is 1. The fourth-order valence-corrected chi connectivity index (χ4v) is 2.16. The highest BCUT2D eigenvalue weighted by molar-refractivity contribution is 5.79. The largest absolute Gasteiger partial charge is 0.481 e. The van der Waals surface area contributed by atoms with E-state index < -0.39 is 16.8 Å². The van der Waals surface area contributed by atoms with Crippen molar-refractivity contribution in [3.8, 4) is 0 Å². The molecule has 110 valence electrons. The Morgan fingerprint density at radius 3 is 2.65 bits per heavy atom. The molecule has 1 rings (SSSR count). The van der Waals surface area contributed by atoms with Gasteiger partial charge in [-0.1, -0.05) is 32.6 Å². The van der Waals surface area contributed by atoms with Gasteiger partial charge in [0.2, 0.25) is 0 Å². The number of unbranched alkanes of at least 4 members (excludes halogenated alkanes) is 3. The molecule has 1 aromatic rings. The lowest BCUT2D eigenvalue weighted by molar-refractivity contribution is -0.384. The van der Waals surface area contributed by atoms with E-state index in [1.54, 1.807) is 0 Å². The van der Waals surface area contributed by atoms with Crippen molar-refractivity contribution in [3.05, 3.63) is 33.9 Å². The first-order valence-electron chi connectivity index (χ1n) is 6.74. The third-order valence-electron chi connectivity index (χ3n) is 3.30. The topological polar surface area (TPSA) is 106 Å². The van der Waals surface area contributed by atoms with Gasteiger partial charge in [-0.2, -0.15) is 0 Å². The van der Waals surface area contributed by atoms with Crippen LogP contribution in [-0.4, -0.2) is 16.0 Å². The lowest BCUT2D eigenvalue weighted by Crippen LogP contribution is -2.14. The number of nitrogens with zero attached hydrogens (tertiary/aromatic N) is 1. The lowest BCUT2D eigenvalue weighted by atomic mass is 9.91. The third-order valence-corrected chi connectivity index (χ3v) is 3.30. The number of nitrogen functional groups attached to an aromatic ring is 1. The minimum atomic E-state index is -0.992. The second-order valence-corrected chi connectivity index (χ2v) is 4.81. The number of non-ortho nitro benzene ring substituents is 1. The van der Waals surface area contributed by atoms with Crippen LogP contribution in [-0.2, 0) is 4.79 Å². The minimum Gasteiger partial charge on any atom is -0.481 e. The van der Waals surface area contributed by atoms with Crippen molar-refractivity contribution >= 4 is 17.3 Å². The van der Waals surface area contributed by atoms with Crippen LogP contribution in [0.4, 0.5) is 11.4 Å². The van der Waals surface area contributed by atoms with Gasteiger partial charge >= 0.3 is 5.97 Å². The first kappa shape index (κ1) is 15.9. The number of hydrogen-bond acceptors (Lipinski definition) is 4. The monoisotopic (exact) mass is 280 g/mol. The Morgan fingerprint density at radius 1 is 1.40 bits per heavy atom. The van der Waals surface area contributed by atoms with Crippen LogP contribution in [0.25, 0.3) is 0 Å². The molecule has 0 saturated carbocycles. The van der Waals surface area contributed by atoms with Crippen LogP contribution in [0.3, 0.4) is 0 Å². The molecule has 0 amide bonds. The van der Waals surface area contributed by atoms with E-state index in [0.717, 1.165) is 25.7 Å². The molecule has 0 aliphatic heterocycles. The fraction of sp³-hybridized carbons (Fsp3) is 0.500. The zero-order valence-corrected chi connectivity index (χ0v) is 11.5. The van der Waals surface area contributed by atoms with Crippen molar-refractivity contribution < 1.29 is 14.8 Å². The van der Waals surface area contributed by atoms with Crippen LogP contribution in [0.5, 0.6) is 0 Å². The Morgan fingerprint density at radius 2 is 2.10 bits per heavy atom. The van der Waals surface area contributed by atoms with Gasteiger partial charge in [0, 0.05) is 17.8 Å². The van der Waals surface area contributed by atoms with E-state index in [1.165, 1.54) is 18.2 Å². The van der Waals surface area contributed by atoms with Crippen molar-refractivity contribution in [3.63, 3.8) is 0 Å². The maximum absolute atomic E-state index is 11.4. The molecule has 6 nitrogen and oxygen atoms in total. The van der Waals surface area contributed by atoms with Gasteiger partial charge in [0.15, 0.2) is 0 Å². The van der Waals surface area contributed by atoms with Gasteiger partial charge in [-0.05, 0) is 18.1 Å². The van der Waals surface area contributed by atoms with Gasteiger partial charge in [-0.25, -0.2) is 0 Å². The number of anilines is 1. The summed E-state index contributed by atoms with van der Waals surface area (Å²) in [4.78, 5) is 21.6. The average molecular weight is 280 g/mol. The zero-order valence-electron chi connectivity index (χ0n) is 11.5. The maximum atomic E-state index is 11.4. The van der Waals surface area contributed by atoms with Crippen molar-refractivity contribution in [2.45, 2.75) is 44.9 Å². The lowest BCUT2D eigenvalue weighted by Gasteiger charge is -2.14. The van der Waals surface area contributed by atoms with Crippen LogP contribution in [0.2, 0.25) is 0 Å². The molecule has 6 heteroatoms. The molecular formula is C14H20N2O4. The quantitative estimate of drug-likeness (QED) is 0.329. The second-order valence-electron chi connectivity index (χ2n) is 4.81. The van der Waals surface area contributed by atoms with Gasteiger partial charge in [-0.3, -0.25) is 14.9 Å². The molecule has 1 aromatic carbocycles. The molecule has 3 N–H and O–H groups in total. The molecule has 0 saturated heterocycles. The van der Waals surface area contributed by atoms with Crippen LogP contribution >= 0.6 is 0 Å². The standard InChI is InChI=1S/C14H20N2O4/c1-2-3-4-5-6-11(14(17)18)12-9-10(16(19)20)7-8-13(12)15/h7-9,11H,2-6,15H2,1H3,(H,17,18). The summed E-state index contributed by atoms with van der Waals surface area (Å²) in [6.07, 6.45) is 4.29. The van der Waals surface area contributed by atoms with Crippen molar-refractivity contribution in [1.82, 2.24) is 0 Å². The van der Waals surface area contributed by atoms with Crippen molar-refractivity contribution in [1.29, 1.82) is 0 Å². The number of benzene rings is 1. The number of rotatable bonds is 8. The van der Waals surface area contributed by atoms with Gasteiger partial charge in [-0.15, -0.1) is 0 Å². The third kappa shape index (κ3) is 4.22. The van der Waals surface area contributed by atoms with Crippen LogP contribution in [0.1, 0.15) is 50.5 Å². The Hall–Kier alpha value is -2.11. The zero-order chi connectivity index (χ0) is 15.1. The molecule has 0 aromatic heterocycles. The summed E-state index contributed by atoms with van der Waals surface area (Å²) in [6, 6.07) is 3.96. The van der Waals surface area contributed by atoms with Crippen molar-refractivity contribution in [2.24, 2.45) is 0 Å². The highest BCUT2D eigenvalue weighted by Crippen LogP contribution is 2.30. The molecule has 0 heterocycles. The summed E-state index contributed by atoms with van der Waals surface area (Å²) < 4.78 is 0. The Kier molecular flexibility index (Phi) is 5.96. The first-order valence-corrected chi connectivity index (χ1v) is 6.74. The molecular weight excluding hydrogens is 260 g/mol. The van der Waals surface area contributed by atoms with Crippen LogP contribution in [0.15, 0.2) is 18.2 Å². The van der Waals surface area contributed by atoms with E-state index in [1.807, 2.05) is 0 Å². The molecule has 0 aliphatic rings. The van der Waals surface area contributed by atoms with Crippen LogP contribution in [0, 0.1) is 10.1 Å². The molecule has 1 atom stereocenters. The van der Waals surface area contributed by atoms with E-state index in [0.29, 0.717) is 17.7 Å². The van der Waals surface area contributed by atoms with Gasteiger partial charge in [0.1, 0.15) is 0 Å². The van der Waals surface area contributed by atoms with Crippen molar-refractivity contribution in [2.75, 3.05) is 5.73 Å². The molecule has 20 heavy (non-hydrogen) atoms. The Balaban J connectivity index is 2.93. The van der Waals surface area contributed by atoms with E-state index in [2.05, 4.69) is 6.92 Å². The number of nitro groups is 1. The van der Waals surface area contributed by atoms with E-state index in [4.69, 9.17) is 5.73 Å². The molecule has 0 radical (unpaired) electrons. The van der Waals surface area contributed by atoms with E-state index >= 15 is 0 Å². The number of aliphatic carboxylic acids is 1. The molecule has 1 unspecified atom stereocenters. The SMILES string of the molecule is CCCCCCC(C(=O)O)c1cc([N+](=O)[O-])ccc1N. The van der Waals surface area contributed by atoms with E-state index in [9.17, 15) is 20.0 Å². The average Bonchev–Trinajstić information content (AvgIpc) is 2.39. The Bertz CT molecular complexity index is 488. The summed E-state index contributed by atoms with van der Waals surface area (Å²) in [7, 11) is 0. The van der Waals surface area contributed by atoms with Gasteiger partial charge in [0.25, 0.3) is 5.69 Å². The predicted molar refractivity (Wildman–Crippen MR) is 76.6 cm³/mol. The van der Waals surface area contributed by atoms with Crippen LogP contribution < -0.4 is 5.73 Å². The first-order chi connectivity index (χ1) is 9.47. The summed E-state index contributed by atoms with van der Waals surface area (Å²) in [5, 5.41) is 20.1. The predicted octanol–water partition coefficient (Wildman–Crippen LogP) is 3.32. The van der Waals surface area contributed by atoms with Gasteiger partial charge in [0.05, 0.1) is 10.8 Å². The smallest absolute Gasteiger partial charge is 0.311 e. The summed E-state index contributed by atoms with van der Waals surface area (Å²) in [5.41, 5.74) is 6.27. The normalized spacial score (nSPS) is 12.1. The number of nitro benzene ring substituents is 1. The molecule has 0 spiro atoms. The number of carboxylic acid groups (broad SMARTS) is 1. The summed E-state index contributed by atoms with van der Waals surface area (Å²) in [5.74, 6) is -1.78. The highest BCUT2D eigenvalue weighted by atomic mass is 16.6. The minimum absolute atomic E-state index is 0.131. The number of carboxylic acids is 1. The summed E-state index contributed by atoms with van der Waals surface area (Å²) in [6.45, 7) is 2.08. The fourth-order valence-electron chi connectivity index (χ4n) is 2.16. The van der Waals surface area contributed by atoms with E-state index in [-0.39, 0.29) is 5.69 Å². The molecule has 0 bridgehead atoms. The number of hydrogen-bond donors (Lipinski definition) is 2. The highest BCUT2D eigenvalue weighted by Gasteiger charge is 2.23.